The molecule has 1 fully saturated rings. The van der Waals surface area contributed by atoms with E-state index in [-0.39, 0.29) is 24.5 Å². The molecule has 2 atom stereocenters. The van der Waals surface area contributed by atoms with Gasteiger partial charge >= 0.3 is 0 Å². The molecule has 0 bridgehead atoms. The zero-order valence-corrected chi connectivity index (χ0v) is 13.4. The molecule has 1 aliphatic rings. The van der Waals surface area contributed by atoms with Crippen LogP contribution in [0.4, 0.5) is 0 Å². The molecule has 0 aliphatic carbocycles. The molecule has 5 heteroatoms. The highest BCUT2D eigenvalue weighted by Crippen LogP contribution is 2.23. The lowest BCUT2D eigenvalue weighted by Crippen LogP contribution is -2.51. The van der Waals surface area contributed by atoms with Gasteiger partial charge in [-0.25, -0.2) is 0 Å². The third-order valence-electron chi connectivity index (χ3n) is 4.11. The maximum atomic E-state index is 11.2. The third-order valence-corrected chi connectivity index (χ3v) is 4.11. The number of nitrogens with one attached hydrogen (secondary N) is 1. The van der Waals surface area contributed by atoms with Crippen molar-refractivity contribution in [3.63, 3.8) is 0 Å². The number of likely N-dealkylation sites (tertiary alicyclic amines) is 1. The lowest BCUT2D eigenvalue weighted by atomic mass is 9.92. The van der Waals surface area contributed by atoms with Crippen molar-refractivity contribution in [1.29, 1.82) is 0 Å². The van der Waals surface area contributed by atoms with E-state index >= 15 is 0 Å². The van der Waals surface area contributed by atoms with Crippen LogP contribution in [0.1, 0.15) is 25.8 Å². The molecule has 2 N–H and O–H groups in total. The van der Waals surface area contributed by atoms with Crippen molar-refractivity contribution in [2.24, 2.45) is 5.92 Å². The summed E-state index contributed by atoms with van der Waals surface area (Å²) in [4.78, 5) is 13.6. The van der Waals surface area contributed by atoms with E-state index in [0.717, 1.165) is 31.8 Å². The molecule has 22 heavy (non-hydrogen) atoms. The molecule has 1 heterocycles. The lowest BCUT2D eigenvalue weighted by molar-refractivity contribution is -0.120. The summed E-state index contributed by atoms with van der Waals surface area (Å²) in [6, 6.07) is 8.14. The molecule has 1 amide bonds. The van der Waals surface area contributed by atoms with Gasteiger partial charge < -0.3 is 15.2 Å². The van der Waals surface area contributed by atoms with Crippen molar-refractivity contribution in [2.75, 3.05) is 26.3 Å². The molecule has 122 valence electrons. The van der Waals surface area contributed by atoms with Crippen molar-refractivity contribution in [1.82, 2.24) is 10.2 Å². The van der Waals surface area contributed by atoms with Gasteiger partial charge in [0.15, 0.2) is 0 Å². The van der Waals surface area contributed by atoms with Crippen molar-refractivity contribution in [3.05, 3.63) is 29.8 Å². The minimum Gasteiger partial charge on any atom is -0.494 e. The summed E-state index contributed by atoms with van der Waals surface area (Å²) in [5.41, 5.74) is 1.17. The Morgan fingerprint density at radius 2 is 2.23 bits per heavy atom. The lowest BCUT2D eigenvalue weighted by Gasteiger charge is -2.38. The Kier molecular flexibility index (Phi) is 6.21. The van der Waals surface area contributed by atoms with Gasteiger partial charge in [-0.3, -0.25) is 9.69 Å². The first-order valence-electron chi connectivity index (χ1n) is 7.95. The van der Waals surface area contributed by atoms with Gasteiger partial charge in [0.05, 0.1) is 6.61 Å². The van der Waals surface area contributed by atoms with Crippen molar-refractivity contribution in [3.8, 4) is 5.75 Å². The van der Waals surface area contributed by atoms with E-state index in [0.29, 0.717) is 6.61 Å². The zero-order chi connectivity index (χ0) is 15.9. The van der Waals surface area contributed by atoms with E-state index < -0.39 is 0 Å². The number of amides is 1. The van der Waals surface area contributed by atoms with Gasteiger partial charge in [0.1, 0.15) is 5.75 Å². The Bertz CT molecular complexity index is 493. The Labute approximate surface area is 132 Å². The van der Waals surface area contributed by atoms with E-state index in [1.165, 1.54) is 12.5 Å². The largest absolute Gasteiger partial charge is 0.494 e. The van der Waals surface area contributed by atoms with E-state index in [1.807, 2.05) is 25.1 Å². The van der Waals surface area contributed by atoms with Gasteiger partial charge in [-0.15, -0.1) is 0 Å². The van der Waals surface area contributed by atoms with Crippen molar-refractivity contribution >= 4 is 5.91 Å². The highest BCUT2D eigenvalue weighted by Gasteiger charge is 2.29. The number of para-hydroxylation sites is 1. The smallest absolute Gasteiger partial charge is 0.217 e. The number of piperidine rings is 1. The molecule has 0 spiro atoms. The fourth-order valence-electron chi connectivity index (χ4n) is 3.06. The van der Waals surface area contributed by atoms with Crippen LogP contribution in [0.5, 0.6) is 5.75 Å². The summed E-state index contributed by atoms with van der Waals surface area (Å²) in [5, 5.41) is 12.5. The number of aliphatic hydroxyl groups is 1. The summed E-state index contributed by atoms with van der Waals surface area (Å²) in [7, 11) is 0. The van der Waals surface area contributed by atoms with Gasteiger partial charge in [0, 0.05) is 50.7 Å². The van der Waals surface area contributed by atoms with Crippen LogP contribution in [0.15, 0.2) is 24.3 Å². The number of hydrogen-bond donors (Lipinski definition) is 2. The highest BCUT2D eigenvalue weighted by atomic mass is 16.5. The number of rotatable bonds is 6. The molecule has 1 aliphatic heterocycles. The summed E-state index contributed by atoms with van der Waals surface area (Å²) in [5.74, 6) is 0.977. The van der Waals surface area contributed by atoms with Gasteiger partial charge in [-0.1, -0.05) is 18.2 Å². The topological polar surface area (TPSA) is 61.8 Å². The van der Waals surface area contributed by atoms with E-state index in [2.05, 4.69) is 16.3 Å². The Morgan fingerprint density at radius 1 is 1.45 bits per heavy atom. The van der Waals surface area contributed by atoms with Crippen LogP contribution in [0.3, 0.4) is 0 Å². The molecule has 2 rings (SSSR count). The number of nitrogens with zero attached hydrogens (tertiary/aromatic N) is 1. The molecule has 1 saturated heterocycles. The van der Waals surface area contributed by atoms with Crippen molar-refractivity contribution in [2.45, 2.75) is 32.9 Å². The summed E-state index contributed by atoms with van der Waals surface area (Å²) >= 11 is 0. The van der Waals surface area contributed by atoms with Gasteiger partial charge in [0.25, 0.3) is 0 Å². The Morgan fingerprint density at radius 3 is 2.91 bits per heavy atom. The number of hydrogen-bond acceptors (Lipinski definition) is 4. The SMILES string of the molecule is CCOc1ccccc1CN1CCC(NC(C)=O)C(CO)C1. The first-order chi connectivity index (χ1) is 10.6. The van der Waals surface area contributed by atoms with Gasteiger partial charge in [0.2, 0.25) is 5.91 Å². The normalized spacial score (nSPS) is 22.3. The highest BCUT2D eigenvalue weighted by molar-refractivity contribution is 5.73. The zero-order valence-electron chi connectivity index (χ0n) is 13.4. The summed E-state index contributed by atoms with van der Waals surface area (Å²) in [6.45, 7) is 6.75. The molecule has 2 unspecified atom stereocenters. The van der Waals surface area contributed by atoms with E-state index in [1.54, 1.807) is 0 Å². The molecular formula is C17H26N2O3. The predicted molar refractivity (Wildman–Crippen MR) is 85.7 cm³/mol. The van der Waals surface area contributed by atoms with Crippen LogP contribution in [0.25, 0.3) is 0 Å². The van der Waals surface area contributed by atoms with Gasteiger partial charge in [-0.2, -0.15) is 0 Å². The predicted octanol–water partition coefficient (Wildman–Crippen LogP) is 1.40. The molecule has 1 aromatic rings. The average molecular weight is 306 g/mol. The minimum atomic E-state index is -0.0291. The van der Waals surface area contributed by atoms with Crippen LogP contribution >= 0.6 is 0 Å². The van der Waals surface area contributed by atoms with Crippen LogP contribution in [-0.2, 0) is 11.3 Å². The number of carbonyl (C=O) groups is 1. The number of ether oxygens (including phenoxy) is 1. The summed E-state index contributed by atoms with van der Waals surface area (Å²) in [6.07, 6.45) is 0.863. The molecule has 0 saturated carbocycles. The van der Waals surface area contributed by atoms with Crippen LogP contribution in [0, 0.1) is 5.92 Å². The monoisotopic (exact) mass is 306 g/mol. The van der Waals surface area contributed by atoms with Crippen molar-refractivity contribution < 1.29 is 14.6 Å². The Balaban J connectivity index is 1.99. The number of benzene rings is 1. The maximum absolute atomic E-state index is 11.2. The fourth-order valence-corrected chi connectivity index (χ4v) is 3.06. The van der Waals surface area contributed by atoms with Crippen LogP contribution in [-0.4, -0.2) is 48.3 Å². The molecule has 1 aromatic carbocycles. The quantitative estimate of drug-likeness (QED) is 0.834. The van der Waals surface area contributed by atoms with Gasteiger partial charge in [-0.05, 0) is 19.4 Å². The first kappa shape index (κ1) is 16.8. The second-order valence-electron chi connectivity index (χ2n) is 5.81. The average Bonchev–Trinajstić information content (AvgIpc) is 2.50. The summed E-state index contributed by atoms with van der Waals surface area (Å²) < 4.78 is 5.67. The molecule has 0 aromatic heterocycles. The fraction of sp³-hybridized carbons (Fsp3) is 0.588. The number of carbonyl (C=O) groups excluding carboxylic acids is 1. The van der Waals surface area contributed by atoms with Crippen LogP contribution in [0.2, 0.25) is 0 Å². The first-order valence-corrected chi connectivity index (χ1v) is 7.95. The molecule has 0 radical (unpaired) electrons. The standard InChI is InChI=1S/C17H26N2O3/c1-3-22-17-7-5-4-6-14(17)10-19-9-8-16(18-13(2)21)15(11-19)12-20/h4-7,15-16,20H,3,8-12H2,1-2H3,(H,18,21). The second kappa shape index (κ2) is 8.15. The second-order valence-corrected chi connectivity index (χ2v) is 5.81. The van der Waals surface area contributed by atoms with Crippen LogP contribution < -0.4 is 10.1 Å². The number of aliphatic hydroxyl groups excluding tert-OH is 1. The van der Waals surface area contributed by atoms with E-state index in [4.69, 9.17) is 4.74 Å². The minimum absolute atomic E-state index is 0.0291. The third kappa shape index (κ3) is 4.45. The molecule has 5 nitrogen and oxygen atoms in total. The Hall–Kier alpha value is -1.59. The maximum Gasteiger partial charge on any atom is 0.217 e. The van der Waals surface area contributed by atoms with E-state index in [9.17, 15) is 9.90 Å². The molecular weight excluding hydrogens is 280 g/mol.